The summed E-state index contributed by atoms with van der Waals surface area (Å²) in [5.41, 5.74) is 9.07. The Balaban J connectivity index is 4.75. The third-order valence-corrected chi connectivity index (χ3v) is 1.92. The maximum Gasteiger partial charge on any atom is 0.428 e. The van der Waals surface area contributed by atoms with Gasteiger partial charge in [-0.15, -0.1) is 0 Å². The summed E-state index contributed by atoms with van der Waals surface area (Å²) in [6, 6.07) is 0. The van der Waals surface area contributed by atoms with Crippen LogP contribution in [0.5, 0.6) is 0 Å². The molecule has 0 aliphatic carbocycles. The standard InChI is InChI=1S/C3H6N2O10S2/c4-2(6)1(3(5)7)13-17(11,12)15-14-16(8,9)10/h1H,(H2,4,6)(H2,5,7)(H,8,9,10). The van der Waals surface area contributed by atoms with Crippen molar-refractivity contribution in [2.75, 3.05) is 0 Å². The summed E-state index contributed by atoms with van der Waals surface area (Å²) in [5.74, 6) is -3.15. The van der Waals surface area contributed by atoms with Crippen molar-refractivity contribution < 1.29 is 43.8 Å². The molecule has 100 valence electrons. The molecule has 0 aliphatic rings. The van der Waals surface area contributed by atoms with Crippen LogP contribution in [0.3, 0.4) is 0 Å². The summed E-state index contributed by atoms with van der Waals surface area (Å²) < 4.78 is 59.0. The molecule has 0 saturated carbocycles. The molecule has 2 amide bonds. The van der Waals surface area contributed by atoms with Gasteiger partial charge in [-0.3, -0.25) is 14.1 Å². The largest absolute Gasteiger partial charge is 0.428 e. The number of carbonyl (C=O) groups is 2. The van der Waals surface area contributed by atoms with Gasteiger partial charge in [0.1, 0.15) is 0 Å². The molecule has 5 N–H and O–H groups in total. The van der Waals surface area contributed by atoms with E-state index in [1.165, 1.54) is 0 Å². The van der Waals surface area contributed by atoms with E-state index >= 15 is 0 Å². The van der Waals surface area contributed by atoms with Gasteiger partial charge in [0, 0.05) is 0 Å². The van der Waals surface area contributed by atoms with Crippen molar-refractivity contribution in [1.82, 2.24) is 0 Å². The van der Waals surface area contributed by atoms with E-state index < -0.39 is 38.7 Å². The van der Waals surface area contributed by atoms with E-state index in [4.69, 9.17) is 4.55 Å². The van der Waals surface area contributed by atoms with Gasteiger partial charge in [0.15, 0.2) is 0 Å². The summed E-state index contributed by atoms with van der Waals surface area (Å²) in [7, 11) is -10.5. The molecule has 0 fully saturated rings. The van der Waals surface area contributed by atoms with Gasteiger partial charge in [0.2, 0.25) is 6.10 Å². The van der Waals surface area contributed by atoms with Gasteiger partial charge in [-0.1, -0.05) is 8.67 Å². The normalized spacial score (nSPS) is 12.6. The highest BCUT2D eigenvalue weighted by atomic mass is 32.3. The van der Waals surface area contributed by atoms with Crippen LogP contribution in [0.15, 0.2) is 0 Å². The van der Waals surface area contributed by atoms with Crippen LogP contribution in [0, 0.1) is 0 Å². The molecular weight excluding hydrogens is 288 g/mol. The van der Waals surface area contributed by atoms with Crippen molar-refractivity contribution in [1.29, 1.82) is 0 Å². The molecular formula is C3H6N2O10S2. The lowest BCUT2D eigenvalue weighted by atomic mass is 10.3. The van der Waals surface area contributed by atoms with Crippen molar-refractivity contribution in [3.05, 3.63) is 0 Å². The van der Waals surface area contributed by atoms with E-state index in [0.29, 0.717) is 0 Å². The van der Waals surface area contributed by atoms with Gasteiger partial charge in [-0.25, -0.2) is 4.18 Å². The van der Waals surface area contributed by atoms with Crippen molar-refractivity contribution in [2.45, 2.75) is 6.10 Å². The Morgan fingerprint density at radius 3 is 1.71 bits per heavy atom. The minimum atomic E-state index is -5.27. The predicted molar refractivity (Wildman–Crippen MR) is 45.9 cm³/mol. The van der Waals surface area contributed by atoms with E-state index in [-0.39, 0.29) is 0 Å². The van der Waals surface area contributed by atoms with Gasteiger partial charge >= 0.3 is 20.8 Å². The number of amides is 2. The molecule has 0 aromatic carbocycles. The Hall–Kier alpha value is -1.32. The fraction of sp³-hybridized carbons (Fsp3) is 0.333. The van der Waals surface area contributed by atoms with Crippen LogP contribution in [0.4, 0.5) is 0 Å². The Morgan fingerprint density at radius 1 is 1.00 bits per heavy atom. The number of carbonyl (C=O) groups excluding carboxylic acids is 2. The summed E-state index contributed by atoms with van der Waals surface area (Å²) in [6.07, 6.45) is -2.43. The summed E-state index contributed by atoms with van der Waals surface area (Å²) in [6.45, 7) is 0. The Bertz CT molecular complexity index is 490. The zero-order valence-corrected chi connectivity index (χ0v) is 9.30. The lowest BCUT2D eigenvalue weighted by Crippen LogP contribution is -2.43. The Labute approximate surface area is 94.6 Å². The molecule has 0 aromatic rings. The Kier molecular flexibility index (Phi) is 4.93. The van der Waals surface area contributed by atoms with E-state index in [9.17, 15) is 26.4 Å². The second-order valence-corrected chi connectivity index (χ2v) is 4.39. The minimum absolute atomic E-state index is 1.57. The SMILES string of the molecule is NC(=O)C(OS(=O)(=O)OOS(=O)(=O)O)C(N)=O. The second kappa shape index (κ2) is 5.34. The molecule has 0 atom stereocenters. The van der Waals surface area contributed by atoms with Crippen molar-refractivity contribution in [2.24, 2.45) is 11.5 Å². The molecule has 0 bridgehead atoms. The maximum atomic E-state index is 10.7. The van der Waals surface area contributed by atoms with Crippen molar-refractivity contribution in [3.63, 3.8) is 0 Å². The van der Waals surface area contributed by atoms with Crippen LogP contribution in [0.2, 0.25) is 0 Å². The van der Waals surface area contributed by atoms with Gasteiger partial charge in [0.05, 0.1) is 0 Å². The molecule has 0 unspecified atom stereocenters. The number of hydrogen-bond donors (Lipinski definition) is 3. The van der Waals surface area contributed by atoms with Gasteiger partial charge < -0.3 is 11.5 Å². The first-order valence-electron chi connectivity index (χ1n) is 3.31. The maximum absolute atomic E-state index is 10.7. The Morgan fingerprint density at radius 2 is 1.41 bits per heavy atom. The van der Waals surface area contributed by atoms with Gasteiger partial charge in [-0.05, 0) is 0 Å². The van der Waals surface area contributed by atoms with Gasteiger partial charge in [-0.2, -0.15) is 16.8 Å². The molecule has 0 rings (SSSR count). The third-order valence-electron chi connectivity index (χ3n) is 0.928. The van der Waals surface area contributed by atoms with Crippen molar-refractivity contribution in [3.8, 4) is 0 Å². The highest BCUT2D eigenvalue weighted by Gasteiger charge is 2.31. The molecule has 17 heavy (non-hydrogen) atoms. The van der Waals surface area contributed by atoms with Crippen LogP contribution in [0.25, 0.3) is 0 Å². The summed E-state index contributed by atoms with van der Waals surface area (Å²) in [4.78, 5) is 21.0. The first-order valence-corrected chi connectivity index (χ1v) is 6.01. The first kappa shape index (κ1) is 15.7. The molecule has 0 aromatic heterocycles. The minimum Gasteiger partial charge on any atom is -0.367 e. The number of primary amides is 2. The zero-order valence-electron chi connectivity index (χ0n) is 7.67. The second-order valence-electron chi connectivity index (χ2n) is 2.25. The molecule has 0 spiro atoms. The molecule has 0 heterocycles. The van der Waals surface area contributed by atoms with Crippen LogP contribution >= 0.6 is 0 Å². The number of hydrogen-bond acceptors (Lipinski definition) is 9. The summed E-state index contributed by atoms with van der Waals surface area (Å²) in [5, 5.41) is 0. The monoisotopic (exact) mass is 294 g/mol. The van der Waals surface area contributed by atoms with Gasteiger partial charge in [0.25, 0.3) is 11.8 Å². The summed E-state index contributed by atoms with van der Waals surface area (Å²) >= 11 is 0. The fourth-order valence-corrected chi connectivity index (χ4v) is 1.45. The average Bonchev–Trinajstić information content (AvgIpc) is 2.09. The molecule has 14 heteroatoms. The van der Waals surface area contributed by atoms with Crippen molar-refractivity contribution >= 4 is 32.6 Å². The van der Waals surface area contributed by atoms with E-state index in [1.54, 1.807) is 0 Å². The molecule has 0 saturated heterocycles. The topological polar surface area (TPSA) is 202 Å². The van der Waals surface area contributed by atoms with Crippen LogP contribution < -0.4 is 11.5 Å². The lowest BCUT2D eigenvalue weighted by molar-refractivity contribution is -0.140. The van der Waals surface area contributed by atoms with Crippen LogP contribution in [-0.2, 0) is 43.2 Å². The molecule has 0 radical (unpaired) electrons. The van der Waals surface area contributed by atoms with Crippen LogP contribution in [-0.4, -0.2) is 39.3 Å². The fourth-order valence-electron chi connectivity index (χ4n) is 0.438. The predicted octanol–water partition coefficient (Wildman–Crippen LogP) is -3.66. The van der Waals surface area contributed by atoms with E-state index in [1.807, 2.05) is 0 Å². The molecule has 0 aliphatic heterocycles. The zero-order chi connectivity index (χ0) is 13.9. The number of rotatable bonds is 7. The van der Waals surface area contributed by atoms with E-state index in [2.05, 4.69) is 24.3 Å². The highest BCUT2D eigenvalue weighted by Crippen LogP contribution is 2.04. The van der Waals surface area contributed by atoms with E-state index in [0.717, 1.165) is 0 Å². The third kappa shape index (κ3) is 6.76. The lowest BCUT2D eigenvalue weighted by Gasteiger charge is -2.08. The van der Waals surface area contributed by atoms with Crippen LogP contribution in [0.1, 0.15) is 0 Å². The number of nitrogens with two attached hydrogens (primary N) is 2. The molecule has 12 nitrogen and oxygen atoms in total. The smallest absolute Gasteiger partial charge is 0.367 e. The highest BCUT2D eigenvalue weighted by molar-refractivity contribution is 7.83. The average molecular weight is 294 g/mol. The first-order chi connectivity index (χ1) is 7.44. The quantitative estimate of drug-likeness (QED) is 0.181.